The van der Waals surface area contributed by atoms with E-state index in [1.165, 1.54) is 0 Å². The standard InChI is InChI=1S/C6HClF4N2O3/c7-2-1-12-5(16-6(9,10)11)4(3(2)8)13(14)15/h1H. The third-order valence-corrected chi connectivity index (χ3v) is 1.57. The summed E-state index contributed by atoms with van der Waals surface area (Å²) in [7, 11) is 0. The molecule has 0 radical (unpaired) electrons. The third-order valence-electron chi connectivity index (χ3n) is 1.31. The zero-order chi connectivity index (χ0) is 12.5. The fourth-order valence-electron chi connectivity index (χ4n) is 0.783. The molecular weight excluding hydrogens is 260 g/mol. The lowest BCUT2D eigenvalue weighted by Gasteiger charge is -2.08. The maximum atomic E-state index is 13.0. The van der Waals surface area contributed by atoms with E-state index in [0.717, 1.165) is 0 Å². The van der Waals surface area contributed by atoms with Gasteiger partial charge in [-0.1, -0.05) is 11.6 Å². The number of nitrogens with zero attached hydrogens (tertiary/aromatic N) is 2. The van der Waals surface area contributed by atoms with Gasteiger partial charge in [-0.05, 0) is 0 Å². The summed E-state index contributed by atoms with van der Waals surface area (Å²) < 4.78 is 51.5. The highest BCUT2D eigenvalue weighted by Gasteiger charge is 2.37. The van der Waals surface area contributed by atoms with E-state index >= 15 is 0 Å². The lowest BCUT2D eigenvalue weighted by atomic mass is 10.4. The first-order chi connectivity index (χ1) is 7.22. The molecule has 5 nitrogen and oxygen atoms in total. The number of halogens is 5. The van der Waals surface area contributed by atoms with Crippen LogP contribution in [0.3, 0.4) is 0 Å². The summed E-state index contributed by atoms with van der Waals surface area (Å²) in [5.74, 6) is -3.14. The van der Waals surface area contributed by atoms with E-state index in [2.05, 4.69) is 9.72 Å². The molecular formula is C6HClF4N2O3. The molecule has 0 fully saturated rings. The highest BCUT2D eigenvalue weighted by Crippen LogP contribution is 2.34. The van der Waals surface area contributed by atoms with Crippen molar-refractivity contribution in [3.8, 4) is 5.88 Å². The van der Waals surface area contributed by atoms with Crippen LogP contribution in [0, 0.1) is 15.9 Å². The molecule has 0 saturated carbocycles. The molecule has 1 heterocycles. The van der Waals surface area contributed by atoms with Gasteiger partial charge in [-0.3, -0.25) is 10.1 Å². The second-order valence-corrected chi connectivity index (χ2v) is 2.79. The normalized spacial score (nSPS) is 11.3. The van der Waals surface area contributed by atoms with Crippen molar-refractivity contribution in [2.24, 2.45) is 0 Å². The molecule has 1 aromatic heterocycles. The zero-order valence-corrected chi connectivity index (χ0v) is 7.84. The Balaban J connectivity index is 3.29. The van der Waals surface area contributed by atoms with Crippen LogP contribution in [0.4, 0.5) is 23.2 Å². The van der Waals surface area contributed by atoms with Crippen LogP contribution in [-0.2, 0) is 0 Å². The highest BCUT2D eigenvalue weighted by molar-refractivity contribution is 6.30. The Hall–Kier alpha value is -1.64. The summed E-state index contributed by atoms with van der Waals surface area (Å²) >= 11 is 5.12. The van der Waals surface area contributed by atoms with Gasteiger partial charge in [0.25, 0.3) is 0 Å². The van der Waals surface area contributed by atoms with Crippen molar-refractivity contribution in [1.82, 2.24) is 4.98 Å². The average Bonchev–Trinajstić information content (AvgIpc) is 2.08. The Morgan fingerprint density at radius 2 is 2.06 bits per heavy atom. The molecule has 16 heavy (non-hydrogen) atoms. The van der Waals surface area contributed by atoms with Gasteiger partial charge in [-0.15, -0.1) is 13.2 Å². The maximum Gasteiger partial charge on any atom is 0.574 e. The molecule has 0 saturated heterocycles. The van der Waals surface area contributed by atoms with Crippen LogP contribution in [0.15, 0.2) is 6.20 Å². The number of hydrogen-bond donors (Lipinski definition) is 0. The van der Waals surface area contributed by atoms with Crippen LogP contribution in [0.2, 0.25) is 5.02 Å². The highest BCUT2D eigenvalue weighted by atomic mass is 35.5. The summed E-state index contributed by atoms with van der Waals surface area (Å²) in [5.41, 5.74) is -1.56. The Morgan fingerprint density at radius 1 is 1.50 bits per heavy atom. The van der Waals surface area contributed by atoms with Crippen molar-refractivity contribution in [2.45, 2.75) is 6.36 Å². The summed E-state index contributed by atoms with van der Waals surface area (Å²) in [6.45, 7) is 0. The molecule has 0 amide bonds. The average molecular weight is 261 g/mol. The molecule has 0 bridgehead atoms. The molecule has 0 N–H and O–H groups in total. The van der Waals surface area contributed by atoms with Gasteiger partial charge in [0.15, 0.2) is 0 Å². The van der Waals surface area contributed by atoms with Gasteiger partial charge >= 0.3 is 17.9 Å². The van der Waals surface area contributed by atoms with Gasteiger partial charge in [0.2, 0.25) is 5.82 Å². The van der Waals surface area contributed by atoms with Crippen molar-refractivity contribution in [3.63, 3.8) is 0 Å². The van der Waals surface area contributed by atoms with Crippen molar-refractivity contribution in [1.29, 1.82) is 0 Å². The first kappa shape index (κ1) is 12.4. The lowest BCUT2D eigenvalue weighted by Crippen LogP contribution is -2.19. The summed E-state index contributed by atoms with van der Waals surface area (Å²) in [6, 6.07) is 0. The predicted molar refractivity (Wildman–Crippen MR) is 42.5 cm³/mol. The van der Waals surface area contributed by atoms with E-state index in [0.29, 0.717) is 6.20 Å². The molecule has 10 heteroatoms. The summed E-state index contributed by atoms with van der Waals surface area (Å²) in [6.07, 6.45) is -4.73. The van der Waals surface area contributed by atoms with Crippen molar-refractivity contribution >= 4 is 17.3 Å². The van der Waals surface area contributed by atoms with Gasteiger partial charge in [0.1, 0.15) is 5.02 Å². The van der Waals surface area contributed by atoms with Crippen molar-refractivity contribution < 1.29 is 27.2 Å². The summed E-state index contributed by atoms with van der Waals surface area (Å²) in [5, 5.41) is 9.52. The molecule has 0 spiro atoms. The van der Waals surface area contributed by atoms with E-state index in [1.54, 1.807) is 0 Å². The fraction of sp³-hybridized carbons (Fsp3) is 0.167. The quantitative estimate of drug-likeness (QED) is 0.466. The first-order valence-electron chi connectivity index (χ1n) is 3.46. The second-order valence-electron chi connectivity index (χ2n) is 2.38. The van der Waals surface area contributed by atoms with Crippen LogP contribution in [-0.4, -0.2) is 16.3 Å². The first-order valence-corrected chi connectivity index (χ1v) is 3.84. The van der Waals surface area contributed by atoms with Crippen LogP contribution in [0.5, 0.6) is 5.88 Å². The van der Waals surface area contributed by atoms with Gasteiger partial charge in [0, 0.05) is 0 Å². The number of aromatic nitrogens is 1. The minimum atomic E-state index is -5.21. The van der Waals surface area contributed by atoms with E-state index in [-0.39, 0.29) is 0 Å². The third kappa shape index (κ3) is 2.69. The molecule has 0 unspecified atom stereocenters. The molecule has 0 aliphatic heterocycles. The van der Waals surface area contributed by atoms with Crippen molar-refractivity contribution in [3.05, 3.63) is 27.2 Å². The number of rotatable bonds is 2. The number of nitro groups is 1. The van der Waals surface area contributed by atoms with Crippen LogP contribution in [0.1, 0.15) is 0 Å². The molecule has 88 valence electrons. The second kappa shape index (κ2) is 4.08. The molecule has 0 aromatic carbocycles. The number of ether oxygens (including phenoxy) is 1. The Morgan fingerprint density at radius 3 is 2.50 bits per heavy atom. The molecule has 0 aliphatic rings. The molecule has 1 aromatic rings. The number of hydrogen-bond acceptors (Lipinski definition) is 4. The monoisotopic (exact) mass is 260 g/mol. The Bertz CT molecular complexity index is 437. The lowest BCUT2D eigenvalue weighted by molar-refractivity contribution is -0.391. The van der Waals surface area contributed by atoms with Crippen LogP contribution >= 0.6 is 11.6 Å². The van der Waals surface area contributed by atoms with E-state index in [4.69, 9.17) is 11.6 Å². The summed E-state index contributed by atoms with van der Waals surface area (Å²) in [4.78, 5) is 11.8. The Kier molecular flexibility index (Phi) is 3.17. The van der Waals surface area contributed by atoms with Gasteiger partial charge in [0.05, 0.1) is 11.1 Å². The molecule has 0 atom stereocenters. The van der Waals surface area contributed by atoms with Crippen molar-refractivity contribution in [2.75, 3.05) is 0 Å². The fourth-order valence-corrected chi connectivity index (χ4v) is 0.921. The van der Waals surface area contributed by atoms with Crippen LogP contribution in [0.25, 0.3) is 0 Å². The topological polar surface area (TPSA) is 65.3 Å². The minimum Gasteiger partial charge on any atom is -0.380 e. The minimum absolute atomic E-state index is 0.477. The number of pyridine rings is 1. The van der Waals surface area contributed by atoms with Crippen LogP contribution < -0.4 is 4.74 Å². The van der Waals surface area contributed by atoms with E-state index < -0.39 is 33.7 Å². The molecule has 0 aliphatic carbocycles. The molecule has 1 rings (SSSR count). The largest absolute Gasteiger partial charge is 0.574 e. The Labute approximate surface area is 89.7 Å². The predicted octanol–water partition coefficient (Wildman–Crippen LogP) is 2.68. The number of alkyl halides is 3. The van der Waals surface area contributed by atoms with Gasteiger partial charge in [-0.25, -0.2) is 4.98 Å². The smallest absolute Gasteiger partial charge is 0.380 e. The van der Waals surface area contributed by atoms with E-state index in [1.807, 2.05) is 0 Å². The van der Waals surface area contributed by atoms with Gasteiger partial charge in [-0.2, -0.15) is 4.39 Å². The zero-order valence-electron chi connectivity index (χ0n) is 7.09. The maximum absolute atomic E-state index is 13.0. The van der Waals surface area contributed by atoms with Gasteiger partial charge < -0.3 is 4.74 Å². The SMILES string of the molecule is O=[N+]([O-])c1c(OC(F)(F)F)ncc(Cl)c1F. The van der Waals surface area contributed by atoms with E-state index in [9.17, 15) is 27.7 Å².